The summed E-state index contributed by atoms with van der Waals surface area (Å²) in [4.78, 5) is 12.8. The standard InChI is InChI=1S/C22H21ClO3/c1-16(24)22(21(25)26-15-17-7-9-20(23)10-8-17)13-11-19(12-14-22)18-5-3-2-4-6-18/h2-13,16,24H,14-15H2,1H3. The summed E-state index contributed by atoms with van der Waals surface area (Å²) in [7, 11) is 0. The molecule has 1 aliphatic carbocycles. The van der Waals surface area contributed by atoms with Crippen molar-refractivity contribution in [3.63, 3.8) is 0 Å². The van der Waals surface area contributed by atoms with Crippen LogP contribution in [0.4, 0.5) is 0 Å². The lowest BCUT2D eigenvalue weighted by Crippen LogP contribution is -2.41. The number of benzene rings is 2. The van der Waals surface area contributed by atoms with Crippen molar-refractivity contribution in [2.45, 2.75) is 26.1 Å². The number of hydrogen-bond acceptors (Lipinski definition) is 3. The Hall–Kier alpha value is -2.36. The van der Waals surface area contributed by atoms with Gasteiger partial charge in [0.15, 0.2) is 0 Å². The highest BCUT2D eigenvalue weighted by molar-refractivity contribution is 6.30. The fraction of sp³-hybridized carbons (Fsp3) is 0.227. The van der Waals surface area contributed by atoms with Gasteiger partial charge in [0, 0.05) is 5.02 Å². The molecule has 0 saturated carbocycles. The van der Waals surface area contributed by atoms with Gasteiger partial charge < -0.3 is 9.84 Å². The van der Waals surface area contributed by atoms with Gasteiger partial charge in [0.2, 0.25) is 0 Å². The van der Waals surface area contributed by atoms with Crippen LogP contribution in [0.1, 0.15) is 24.5 Å². The van der Waals surface area contributed by atoms with E-state index in [0.29, 0.717) is 11.4 Å². The van der Waals surface area contributed by atoms with Crippen LogP contribution in [-0.4, -0.2) is 17.2 Å². The van der Waals surface area contributed by atoms with E-state index >= 15 is 0 Å². The molecule has 2 unspecified atom stereocenters. The molecule has 0 bridgehead atoms. The quantitative estimate of drug-likeness (QED) is 0.771. The van der Waals surface area contributed by atoms with E-state index in [1.807, 2.05) is 54.6 Å². The summed E-state index contributed by atoms with van der Waals surface area (Å²) in [5.74, 6) is -0.429. The molecule has 0 aromatic heterocycles. The summed E-state index contributed by atoms with van der Waals surface area (Å²) in [6.07, 6.45) is 5.17. The predicted molar refractivity (Wildman–Crippen MR) is 104 cm³/mol. The molecule has 4 heteroatoms. The van der Waals surface area contributed by atoms with E-state index in [0.717, 1.165) is 16.7 Å². The summed E-state index contributed by atoms with van der Waals surface area (Å²) in [6, 6.07) is 17.1. The van der Waals surface area contributed by atoms with Crippen LogP contribution < -0.4 is 0 Å². The third kappa shape index (κ3) is 3.90. The highest BCUT2D eigenvalue weighted by Crippen LogP contribution is 2.37. The molecule has 0 spiro atoms. The van der Waals surface area contributed by atoms with Gasteiger partial charge in [-0.25, -0.2) is 0 Å². The molecule has 134 valence electrons. The Bertz CT molecular complexity index is 822. The van der Waals surface area contributed by atoms with E-state index in [-0.39, 0.29) is 6.61 Å². The van der Waals surface area contributed by atoms with E-state index in [9.17, 15) is 9.90 Å². The lowest BCUT2D eigenvalue weighted by atomic mass is 9.75. The molecule has 0 saturated heterocycles. The van der Waals surface area contributed by atoms with Gasteiger partial charge in [0.1, 0.15) is 12.0 Å². The van der Waals surface area contributed by atoms with Crippen LogP contribution in [0.3, 0.4) is 0 Å². The first-order chi connectivity index (χ1) is 12.5. The van der Waals surface area contributed by atoms with Gasteiger partial charge in [-0.1, -0.05) is 72.3 Å². The van der Waals surface area contributed by atoms with Gasteiger partial charge in [-0.2, -0.15) is 0 Å². The molecule has 3 rings (SSSR count). The predicted octanol–water partition coefficient (Wildman–Crippen LogP) is 4.79. The van der Waals surface area contributed by atoms with Crippen molar-refractivity contribution in [2.75, 3.05) is 0 Å². The SMILES string of the molecule is CC(O)C1(C(=O)OCc2ccc(Cl)cc2)C=CC(c2ccccc2)=CC1. The van der Waals surface area contributed by atoms with E-state index in [1.54, 1.807) is 25.1 Å². The number of allylic oxidation sites excluding steroid dienone is 3. The topological polar surface area (TPSA) is 46.5 Å². The first-order valence-corrected chi connectivity index (χ1v) is 8.93. The summed E-state index contributed by atoms with van der Waals surface area (Å²) >= 11 is 5.87. The average Bonchev–Trinajstić information content (AvgIpc) is 2.68. The highest BCUT2D eigenvalue weighted by Gasteiger charge is 2.42. The number of carbonyl (C=O) groups is 1. The van der Waals surface area contributed by atoms with Gasteiger partial charge in [-0.3, -0.25) is 4.79 Å². The molecule has 3 nitrogen and oxygen atoms in total. The van der Waals surface area contributed by atoms with Crippen molar-refractivity contribution >= 4 is 23.1 Å². The monoisotopic (exact) mass is 368 g/mol. The van der Waals surface area contributed by atoms with Crippen LogP contribution in [0.2, 0.25) is 5.02 Å². The summed E-state index contributed by atoms with van der Waals surface area (Å²) < 4.78 is 5.49. The number of halogens is 1. The first kappa shape index (κ1) is 18.4. The molecule has 0 amide bonds. The maximum atomic E-state index is 12.8. The second-order valence-electron chi connectivity index (χ2n) is 6.48. The van der Waals surface area contributed by atoms with E-state index in [1.165, 1.54) is 0 Å². The average molecular weight is 369 g/mol. The molecule has 0 heterocycles. The number of rotatable bonds is 5. The largest absolute Gasteiger partial charge is 0.460 e. The Balaban J connectivity index is 1.73. The number of aliphatic hydroxyl groups is 1. The minimum atomic E-state index is -1.06. The molecule has 2 aromatic carbocycles. The van der Waals surface area contributed by atoms with Crippen molar-refractivity contribution in [1.82, 2.24) is 0 Å². The fourth-order valence-electron chi connectivity index (χ4n) is 2.99. The molecule has 0 aliphatic heterocycles. The summed E-state index contributed by atoms with van der Waals surface area (Å²) in [5.41, 5.74) is 1.90. The second-order valence-corrected chi connectivity index (χ2v) is 6.92. The Labute approximate surface area is 158 Å². The van der Waals surface area contributed by atoms with Gasteiger partial charge in [0.25, 0.3) is 0 Å². The Kier molecular flexibility index (Phi) is 5.60. The van der Waals surface area contributed by atoms with E-state index < -0.39 is 17.5 Å². The number of ether oxygens (including phenoxy) is 1. The molecule has 26 heavy (non-hydrogen) atoms. The lowest BCUT2D eigenvalue weighted by molar-refractivity contribution is -0.159. The Morgan fingerprint density at radius 3 is 2.46 bits per heavy atom. The zero-order valence-electron chi connectivity index (χ0n) is 14.6. The van der Waals surface area contributed by atoms with Crippen molar-refractivity contribution in [3.8, 4) is 0 Å². The molecular formula is C22H21ClO3. The second kappa shape index (κ2) is 7.90. The third-order valence-corrected chi connectivity index (χ3v) is 4.99. The maximum absolute atomic E-state index is 12.8. The van der Waals surface area contributed by atoms with Crippen LogP contribution in [-0.2, 0) is 16.1 Å². The highest BCUT2D eigenvalue weighted by atomic mass is 35.5. The molecule has 2 aromatic rings. The number of carbonyl (C=O) groups excluding carboxylic acids is 1. The summed E-state index contributed by atoms with van der Waals surface area (Å²) in [6.45, 7) is 1.77. The zero-order chi connectivity index (χ0) is 18.6. The zero-order valence-corrected chi connectivity index (χ0v) is 15.3. The van der Waals surface area contributed by atoms with Gasteiger partial charge in [-0.05, 0) is 42.2 Å². The van der Waals surface area contributed by atoms with Gasteiger partial charge in [-0.15, -0.1) is 0 Å². The lowest BCUT2D eigenvalue weighted by Gasteiger charge is -2.32. The molecular weight excluding hydrogens is 348 g/mol. The van der Waals surface area contributed by atoms with Crippen LogP contribution in [0, 0.1) is 5.41 Å². The van der Waals surface area contributed by atoms with Crippen molar-refractivity contribution in [3.05, 3.63) is 89.0 Å². The fourth-order valence-corrected chi connectivity index (χ4v) is 3.12. The smallest absolute Gasteiger partial charge is 0.319 e. The van der Waals surface area contributed by atoms with Gasteiger partial charge in [0.05, 0.1) is 6.10 Å². The van der Waals surface area contributed by atoms with Crippen LogP contribution >= 0.6 is 11.6 Å². The molecule has 2 atom stereocenters. The number of esters is 1. The van der Waals surface area contributed by atoms with E-state index in [2.05, 4.69) is 0 Å². The van der Waals surface area contributed by atoms with Crippen LogP contribution in [0.15, 0.2) is 72.8 Å². The van der Waals surface area contributed by atoms with E-state index in [4.69, 9.17) is 16.3 Å². The van der Waals surface area contributed by atoms with Crippen molar-refractivity contribution in [2.24, 2.45) is 5.41 Å². The maximum Gasteiger partial charge on any atom is 0.319 e. The number of aliphatic hydroxyl groups excluding tert-OH is 1. The Morgan fingerprint density at radius 1 is 1.19 bits per heavy atom. The number of hydrogen-bond donors (Lipinski definition) is 1. The summed E-state index contributed by atoms with van der Waals surface area (Å²) in [5, 5.41) is 10.9. The molecule has 0 fully saturated rings. The Morgan fingerprint density at radius 2 is 1.88 bits per heavy atom. The van der Waals surface area contributed by atoms with Crippen molar-refractivity contribution < 1.29 is 14.6 Å². The third-order valence-electron chi connectivity index (χ3n) is 4.74. The van der Waals surface area contributed by atoms with Crippen LogP contribution in [0.25, 0.3) is 5.57 Å². The van der Waals surface area contributed by atoms with Crippen LogP contribution in [0.5, 0.6) is 0 Å². The minimum absolute atomic E-state index is 0.146. The van der Waals surface area contributed by atoms with Gasteiger partial charge >= 0.3 is 5.97 Å². The first-order valence-electron chi connectivity index (χ1n) is 8.56. The minimum Gasteiger partial charge on any atom is -0.460 e. The molecule has 1 aliphatic rings. The molecule has 1 N–H and O–H groups in total. The molecule has 0 radical (unpaired) electrons. The van der Waals surface area contributed by atoms with Crippen molar-refractivity contribution in [1.29, 1.82) is 0 Å². The normalized spacial score (nSPS) is 20.3.